The Hall–Kier alpha value is -1.47. The van der Waals surface area contributed by atoms with Crippen molar-refractivity contribution in [2.24, 2.45) is 10.1 Å². The van der Waals surface area contributed by atoms with E-state index in [2.05, 4.69) is 15.5 Å². The second-order valence-corrected chi connectivity index (χ2v) is 4.58. The van der Waals surface area contributed by atoms with Crippen LogP contribution in [0.25, 0.3) is 0 Å². The number of aliphatic imine (C=N–C) groups is 1. The normalized spacial score (nSPS) is 29.5. The highest BCUT2D eigenvalue weighted by atomic mass is 16.6. The molecule has 0 aromatic carbocycles. The molecule has 1 atom stereocenters. The first kappa shape index (κ1) is 14.0. The van der Waals surface area contributed by atoms with Crippen molar-refractivity contribution in [1.29, 1.82) is 0 Å². The number of ether oxygens (including phenoxy) is 3. The van der Waals surface area contributed by atoms with Gasteiger partial charge < -0.3 is 14.2 Å². The van der Waals surface area contributed by atoms with E-state index in [9.17, 15) is 4.79 Å². The van der Waals surface area contributed by atoms with Crippen molar-refractivity contribution in [3.8, 4) is 0 Å². The van der Waals surface area contributed by atoms with Gasteiger partial charge in [-0.25, -0.2) is 0 Å². The summed E-state index contributed by atoms with van der Waals surface area (Å²) >= 11 is 0. The van der Waals surface area contributed by atoms with Crippen LogP contribution < -0.4 is 5.43 Å². The zero-order valence-corrected chi connectivity index (χ0v) is 11.2. The average Bonchev–Trinajstić information content (AvgIpc) is 2.73. The van der Waals surface area contributed by atoms with Crippen LogP contribution in [0, 0.1) is 0 Å². The first-order chi connectivity index (χ1) is 9.16. The van der Waals surface area contributed by atoms with Gasteiger partial charge >= 0.3 is 5.97 Å². The fourth-order valence-electron chi connectivity index (χ4n) is 2.17. The van der Waals surface area contributed by atoms with Crippen molar-refractivity contribution in [3.05, 3.63) is 0 Å². The molecular formula is C12H19N3O4. The van der Waals surface area contributed by atoms with Crippen molar-refractivity contribution in [2.45, 2.75) is 31.5 Å². The minimum atomic E-state index is -1.10. The van der Waals surface area contributed by atoms with E-state index in [-0.39, 0.29) is 12.6 Å². The third kappa shape index (κ3) is 3.30. The zero-order valence-electron chi connectivity index (χ0n) is 11.2. The molecule has 0 aliphatic carbocycles. The van der Waals surface area contributed by atoms with Gasteiger partial charge in [-0.15, -0.1) is 0 Å². The summed E-state index contributed by atoms with van der Waals surface area (Å²) in [6, 6.07) is 0.168. The maximum absolute atomic E-state index is 11.3. The van der Waals surface area contributed by atoms with Gasteiger partial charge in [0.15, 0.2) is 0 Å². The third-order valence-corrected chi connectivity index (χ3v) is 3.02. The second kappa shape index (κ2) is 6.12. The van der Waals surface area contributed by atoms with Gasteiger partial charge in [-0.05, 0) is 12.8 Å². The van der Waals surface area contributed by atoms with Crippen LogP contribution in [0.4, 0.5) is 0 Å². The van der Waals surface area contributed by atoms with Crippen LogP contribution in [-0.4, -0.2) is 56.6 Å². The van der Waals surface area contributed by atoms with E-state index in [0.29, 0.717) is 18.9 Å². The fraction of sp³-hybridized carbons (Fsp3) is 0.750. The smallest absolute Gasteiger partial charge is 0.305 e. The molecule has 0 aromatic rings. The number of hydrogen-bond donors (Lipinski definition) is 1. The molecule has 0 amide bonds. The maximum atomic E-state index is 11.3. The predicted molar refractivity (Wildman–Crippen MR) is 69.3 cm³/mol. The van der Waals surface area contributed by atoms with Gasteiger partial charge in [0.1, 0.15) is 12.3 Å². The van der Waals surface area contributed by atoms with Gasteiger partial charge in [-0.2, -0.15) is 5.10 Å². The van der Waals surface area contributed by atoms with Crippen molar-refractivity contribution in [3.63, 3.8) is 0 Å². The van der Waals surface area contributed by atoms with E-state index in [1.165, 1.54) is 14.0 Å². The largest absolute Gasteiger partial charge is 0.429 e. The number of carbonyl (C=O) groups is 1. The molecule has 0 aromatic heterocycles. The average molecular weight is 269 g/mol. The molecule has 1 fully saturated rings. The summed E-state index contributed by atoms with van der Waals surface area (Å²) in [4.78, 5) is 15.9. The van der Waals surface area contributed by atoms with Gasteiger partial charge in [0.05, 0.1) is 12.3 Å². The number of nitrogens with zero attached hydrogens (tertiary/aromatic N) is 2. The summed E-state index contributed by atoms with van der Waals surface area (Å²) in [6.07, 6.45) is 3.30. The number of rotatable bonds is 4. The standard InChI is InChI=1S/C12H19N3O4/c1-9(16)19-12(8-17-2)11(7-13-15-12)14-10-3-5-18-6-4-10/h7,10,15H,3-6,8H2,1-2H3. The number of esters is 1. The highest BCUT2D eigenvalue weighted by molar-refractivity contribution is 6.35. The lowest BCUT2D eigenvalue weighted by atomic mass is 10.1. The summed E-state index contributed by atoms with van der Waals surface area (Å²) in [5.74, 6) is -0.408. The Morgan fingerprint density at radius 1 is 1.63 bits per heavy atom. The molecule has 0 saturated carbocycles. The summed E-state index contributed by atoms with van der Waals surface area (Å²) < 4.78 is 15.8. The zero-order chi connectivity index (χ0) is 13.7. The summed E-state index contributed by atoms with van der Waals surface area (Å²) in [5, 5.41) is 3.96. The lowest BCUT2D eigenvalue weighted by molar-refractivity contribution is -0.156. The molecule has 0 bridgehead atoms. The quantitative estimate of drug-likeness (QED) is 0.732. The molecule has 1 N–H and O–H groups in total. The molecule has 1 unspecified atom stereocenters. The number of nitrogens with one attached hydrogen (secondary N) is 1. The van der Waals surface area contributed by atoms with Gasteiger partial charge in [0, 0.05) is 27.2 Å². The van der Waals surface area contributed by atoms with Crippen LogP contribution >= 0.6 is 0 Å². The summed E-state index contributed by atoms with van der Waals surface area (Å²) in [6.45, 7) is 2.92. The van der Waals surface area contributed by atoms with E-state index < -0.39 is 11.7 Å². The molecule has 7 heteroatoms. The molecule has 1 saturated heterocycles. The van der Waals surface area contributed by atoms with E-state index in [1.54, 1.807) is 6.21 Å². The fourth-order valence-corrected chi connectivity index (χ4v) is 2.17. The predicted octanol–water partition coefficient (Wildman–Crippen LogP) is 0.101. The van der Waals surface area contributed by atoms with Crippen LogP contribution in [0.3, 0.4) is 0 Å². The molecule has 2 heterocycles. The Morgan fingerprint density at radius 3 is 3.00 bits per heavy atom. The molecule has 7 nitrogen and oxygen atoms in total. The van der Waals surface area contributed by atoms with Crippen molar-refractivity contribution >= 4 is 17.9 Å². The Balaban J connectivity index is 2.17. The maximum Gasteiger partial charge on any atom is 0.305 e. The van der Waals surface area contributed by atoms with Crippen molar-refractivity contribution in [1.82, 2.24) is 5.43 Å². The number of hydrogen-bond acceptors (Lipinski definition) is 7. The molecule has 19 heavy (non-hydrogen) atoms. The van der Waals surface area contributed by atoms with Gasteiger partial charge in [0.25, 0.3) is 5.72 Å². The van der Waals surface area contributed by atoms with Gasteiger partial charge in [-0.3, -0.25) is 15.2 Å². The minimum Gasteiger partial charge on any atom is -0.429 e. The van der Waals surface area contributed by atoms with E-state index in [0.717, 1.165) is 12.8 Å². The molecule has 106 valence electrons. The number of methoxy groups -OCH3 is 1. The number of carbonyl (C=O) groups excluding carboxylic acids is 1. The topological polar surface area (TPSA) is 81.5 Å². The highest BCUT2D eigenvalue weighted by Crippen LogP contribution is 2.19. The summed E-state index contributed by atoms with van der Waals surface area (Å²) in [5.41, 5.74) is 2.28. The van der Waals surface area contributed by atoms with Gasteiger partial charge in [0.2, 0.25) is 0 Å². The summed E-state index contributed by atoms with van der Waals surface area (Å²) in [7, 11) is 1.54. The van der Waals surface area contributed by atoms with E-state index in [1.807, 2.05) is 0 Å². The van der Waals surface area contributed by atoms with Crippen LogP contribution in [0.1, 0.15) is 19.8 Å². The van der Waals surface area contributed by atoms with Crippen LogP contribution in [0.2, 0.25) is 0 Å². The Morgan fingerprint density at radius 2 is 2.37 bits per heavy atom. The Bertz CT molecular complexity index is 390. The molecule has 2 rings (SSSR count). The second-order valence-electron chi connectivity index (χ2n) is 4.58. The minimum absolute atomic E-state index is 0.161. The van der Waals surface area contributed by atoms with Crippen LogP contribution in [0.15, 0.2) is 10.1 Å². The number of hydrazone groups is 1. The highest BCUT2D eigenvalue weighted by Gasteiger charge is 2.42. The molecule has 0 spiro atoms. The van der Waals surface area contributed by atoms with Crippen molar-refractivity contribution < 1.29 is 19.0 Å². The Kier molecular flexibility index (Phi) is 4.49. The Labute approximate surface area is 112 Å². The molecule has 2 aliphatic heterocycles. The first-order valence-corrected chi connectivity index (χ1v) is 6.31. The van der Waals surface area contributed by atoms with Gasteiger partial charge in [-0.1, -0.05) is 0 Å². The lowest BCUT2D eigenvalue weighted by Gasteiger charge is -2.29. The third-order valence-electron chi connectivity index (χ3n) is 3.02. The first-order valence-electron chi connectivity index (χ1n) is 6.31. The molecule has 0 radical (unpaired) electrons. The van der Waals surface area contributed by atoms with E-state index in [4.69, 9.17) is 14.2 Å². The molecule has 2 aliphatic rings. The monoisotopic (exact) mass is 269 g/mol. The van der Waals surface area contributed by atoms with Crippen LogP contribution in [-0.2, 0) is 19.0 Å². The lowest BCUT2D eigenvalue weighted by Crippen LogP contribution is -2.53. The SMILES string of the molecule is COCC1(OC(C)=O)NN=CC1=NC1CCOCC1. The van der Waals surface area contributed by atoms with Crippen LogP contribution in [0.5, 0.6) is 0 Å². The van der Waals surface area contributed by atoms with E-state index >= 15 is 0 Å². The molecular weight excluding hydrogens is 250 g/mol. The van der Waals surface area contributed by atoms with Crippen molar-refractivity contribution in [2.75, 3.05) is 26.9 Å².